The molecule has 1 aliphatic rings. The van der Waals surface area contributed by atoms with E-state index >= 15 is 0 Å². The smallest absolute Gasteiger partial charge is 0.350 e. The van der Waals surface area contributed by atoms with Crippen LogP contribution in [0.2, 0.25) is 0 Å². The van der Waals surface area contributed by atoms with E-state index in [4.69, 9.17) is 10.5 Å². The summed E-state index contributed by atoms with van der Waals surface area (Å²) in [6.45, 7) is 6.04. The average Bonchev–Trinajstić information content (AvgIpc) is 2.87. The molecule has 5 nitrogen and oxygen atoms in total. The third kappa shape index (κ3) is 2.76. The lowest BCUT2D eigenvalue weighted by molar-refractivity contribution is 0.0532. The molecule has 1 fully saturated rings. The lowest BCUT2D eigenvalue weighted by Crippen LogP contribution is -2.44. The molecule has 0 spiro atoms. The SMILES string of the molecule is CCOC(=O)c1sc2cc(N)ccc2c1N1CCN(C)CC1. The summed E-state index contributed by atoms with van der Waals surface area (Å²) < 4.78 is 6.28. The molecule has 2 aromatic rings. The molecule has 2 heterocycles. The van der Waals surface area contributed by atoms with Gasteiger partial charge in [0.25, 0.3) is 0 Å². The van der Waals surface area contributed by atoms with Crippen LogP contribution in [0.5, 0.6) is 0 Å². The topological polar surface area (TPSA) is 58.8 Å². The summed E-state index contributed by atoms with van der Waals surface area (Å²) >= 11 is 1.47. The van der Waals surface area contributed by atoms with Crippen LogP contribution in [0.15, 0.2) is 18.2 Å². The number of hydrogen-bond donors (Lipinski definition) is 1. The minimum absolute atomic E-state index is 0.240. The lowest BCUT2D eigenvalue weighted by Gasteiger charge is -2.34. The maximum absolute atomic E-state index is 12.3. The van der Waals surface area contributed by atoms with Crippen molar-refractivity contribution in [3.63, 3.8) is 0 Å². The van der Waals surface area contributed by atoms with Gasteiger partial charge in [0.1, 0.15) is 4.88 Å². The zero-order chi connectivity index (χ0) is 15.7. The highest BCUT2D eigenvalue weighted by atomic mass is 32.1. The van der Waals surface area contributed by atoms with Gasteiger partial charge in [-0.1, -0.05) is 0 Å². The van der Waals surface area contributed by atoms with E-state index in [2.05, 4.69) is 16.8 Å². The predicted octanol–water partition coefficient (Wildman–Crippen LogP) is 2.41. The number of carbonyl (C=O) groups is 1. The zero-order valence-corrected chi connectivity index (χ0v) is 13.8. The van der Waals surface area contributed by atoms with Gasteiger partial charge in [-0.2, -0.15) is 0 Å². The van der Waals surface area contributed by atoms with Crippen LogP contribution in [0.25, 0.3) is 10.1 Å². The number of anilines is 2. The van der Waals surface area contributed by atoms with Crippen LogP contribution < -0.4 is 10.6 Å². The standard InChI is InChI=1S/C16H21N3O2S/c1-3-21-16(20)15-14(19-8-6-18(2)7-9-19)12-5-4-11(17)10-13(12)22-15/h4-5,10H,3,6-9,17H2,1-2H3. The first kappa shape index (κ1) is 15.1. The number of likely N-dealkylation sites (N-methyl/N-ethyl adjacent to an activating group) is 1. The van der Waals surface area contributed by atoms with E-state index in [0.717, 1.165) is 42.0 Å². The second-order valence-electron chi connectivity index (χ2n) is 5.55. The van der Waals surface area contributed by atoms with Gasteiger partial charge < -0.3 is 20.3 Å². The fourth-order valence-electron chi connectivity index (χ4n) is 2.78. The largest absolute Gasteiger partial charge is 0.462 e. The molecule has 3 rings (SSSR count). The van der Waals surface area contributed by atoms with Crippen molar-refractivity contribution in [3.05, 3.63) is 23.1 Å². The van der Waals surface area contributed by atoms with Crippen molar-refractivity contribution in [3.8, 4) is 0 Å². The first-order valence-electron chi connectivity index (χ1n) is 7.52. The number of rotatable bonds is 3. The zero-order valence-electron chi connectivity index (χ0n) is 13.0. The van der Waals surface area contributed by atoms with Crippen LogP contribution in [0.4, 0.5) is 11.4 Å². The monoisotopic (exact) mass is 319 g/mol. The number of thiophene rings is 1. The molecule has 1 aliphatic heterocycles. The Bertz CT molecular complexity index is 690. The number of nitrogens with two attached hydrogens (primary N) is 1. The predicted molar refractivity (Wildman–Crippen MR) is 91.9 cm³/mol. The third-order valence-electron chi connectivity index (χ3n) is 3.97. The average molecular weight is 319 g/mol. The van der Waals surface area contributed by atoms with Crippen molar-refractivity contribution in [1.29, 1.82) is 0 Å². The molecule has 0 aliphatic carbocycles. The van der Waals surface area contributed by atoms with Crippen molar-refractivity contribution in [2.45, 2.75) is 6.92 Å². The molecule has 2 N–H and O–H groups in total. The summed E-state index contributed by atoms with van der Waals surface area (Å²) in [5.74, 6) is -0.240. The molecule has 6 heteroatoms. The first-order valence-corrected chi connectivity index (χ1v) is 8.34. The Morgan fingerprint density at radius 3 is 2.73 bits per heavy atom. The van der Waals surface area contributed by atoms with Gasteiger partial charge in [-0.15, -0.1) is 11.3 Å². The number of nitrogen functional groups attached to an aromatic ring is 1. The van der Waals surface area contributed by atoms with Gasteiger partial charge >= 0.3 is 5.97 Å². The molecule has 22 heavy (non-hydrogen) atoms. The van der Waals surface area contributed by atoms with Crippen LogP contribution in [0.3, 0.4) is 0 Å². The van der Waals surface area contributed by atoms with Crippen LogP contribution in [0, 0.1) is 0 Å². The van der Waals surface area contributed by atoms with E-state index in [1.165, 1.54) is 11.3 Å². The Morgan fingerprint density at radius 1 is 1.32 bits per heavy atom. The molecule has 1 aromatic heterocycles. The Hall–Kier alpha value is -1.79. The van der Waals surface area contributed by atoms with Crippen molar-refractivity contribution >= 4 is 38.8 Å². The van der Waals surface area contributed by atoms with Crippen LogP contribution in [-0.2, 0) is 4.74 Å². The maximum atomic E-state index is 12.3. The van der Waals surface area contributed by atoms with Gasteiger partial charge in [0.2, 0.25) is 0 Å². The summed E-state index contributed by atoms with van der Waals surface area (Å²) in [5.41, 5.74) is 7.61. The number of benzene rings is 1. The van der Waals surface area contributed by atoms with E-state index in [1.807, 2.05) is 25.1 Å². The second kappa shape index (κ2) is 6.14. The highest BCUT2D eigenvalue weighted by Gasteiger charge is 2.26. The van der Waals surface area contributed by atoms with Crippen LogP contribution in [0.1, 0.15) is 16.6 Å². The second-order valence-corrected chi connectivity index (χ2v) is 6.60. The van der Waals surface area contributed by atoms with Gasteiger partial charge in [-0.3, -0.25) is 0 Å². The van der Waals surface area contributed by atoms with Gasteiger partial charge in [0, 0.05) is 42.0 Å². The molecule has 0 atom stereocenters. The summed E-state index contributed by atoms with van der Waals surface area (Å²) in [7, 11) is 2.12. The molecule has 1 saturated heterocycles. The van der Waals surface area contributed by atoms with Gasteiger partial charge in [-0.05, 0) is 32.2 Å². The summed E-state index contributed by atoms with van der Waals surface area (Å²) in [6.07, 6.45) is 0. The molecule has 0 saturated carbocycles. The van der Waals surface area contributed by atoms with Crippen LogP contribution in [-0.4, -0.2) is 50.7 Å². The Morgan fingerprint density at radius 2 is 2.05 bits per heavy atom. The Kier molecular flexibility index (Phi) is 4.22. The number of esters is 1. The first-order chi connectivity index (χ1) is 10.6. The number of hydrogen-bond acceptors (Lipinski definition) is 6. The lowest BCUT2D eigenvalue weighted by atomic mass is 10.1. The molecule has 0 amide bonds. The third-order valence-corrected chi connectivity index (χ3v) is 5.09. The summed E-state index contributed by atoms with van der Waals surface area (Å²) in [4.78, 5) is 17.6. The minimum Gasteiger partial charge on any atom is -0.462 e. The van der Waals surface area contributed by atoms with E-state index in [9.17, 15) is 4.79 Å². The van der Waals surface area contributed by atoms with Crippen molar-refractivity contribution in [1.82, 2.24) is 4.90 Å². The maximum Gasteiger partial charge on any atom is 0.350 e. The summed E-state index contributed by atoms with van der Waals surface area (Å²) in [6, 6.07) is 5.84. The molecule has 118 valence electrons. The molecular formula is C16H21N3O2S. The fraction of sp³-hybridized carbons (Fsp3) is 0.438. The molecule has 0 unspecified atom stereocenters. The molecule has 0 radical (unpaired) electrons. The number of carbonyl (C=O) groups excluding carboxylic acids is 1. The fourth-order valence-corrected chi connectivity index (χ4v) is 3.95. The van der Waals surface area contributed by atoms with Crippen molar-refractivity contribution < 1.29 is 9.53 Å². The van der Waals surface area contributed by atoms with E-state index in [1.54, 1.807) is 0 Å². The number of ether oxygens (including phenoxy) is 1. The highest BCUT2D eigenvalue weighted by molar-refractivity contribution is 7.21. The normalized spacial score (nSPS) is 16.2. The quantitative estimate of drug-likeness (QED) is 0.695. The number of fused-ring (bicyclic) bond motifs is 1. The van der Waals surface area contributed by atoms with Crippen molar-refractivity contribution in [2.24, 2.45) is 0 Å². The Labute approximate surface area is 134 Å². The van der Waals surface area contributed by atoms with E-state index in [0.29, 0.717) is 17.2 Å². The molecular weight excluding hydrogens is 298 g/mol. The summed E-state index contributed by atoms with van der Waals surface area (Å²) in [5, 5.41) is 1.09. The Balaban J connectivity index is 2.08. The van der Waals surface area contributed by atoms with Crippen molar-refractivity contribution in [2.75, 3.05) is 50.5 Å². The van der Waals surface area contributed by atoms with Crippen LogP contribution >= 0.6 is 11.3 Å². The highest BCUT2D eigenvalue weighted by Crippen LogP contribution is 2.40. The van der Waals surface area contributed by atoms with Gasteiger partial charge in [0.15, 0.2) is 0 Å². The van der Waals surface area contributed by atoms with Gasteiger partial charge in [-0.25, -0.2) is 4.79 Å². The number of nitrogens with zero attached hydrogens (tertiary/aromatic N) is 2. The molecule has 0 bridgehead atoms. The van der Waals surface area contributed by atoms with Gasteiger partial charge in [0.05, 0.1) is 12.3 Å². The van der Waals surface area contributed by atoms with E-state index in [-0.39, 0.29) is 5.97 Å². The van der Waals surface area contributed by atoms with E-state index < -0.39 is 0 Å². The minimum atomic E-state index is -0.240. The number of piperazine rings is 1. The molecule has 1 aromatic carbocycles.